The summed E-state index contributed by atoms with van der Waals surface area (Å²) < 4.78 is 6.29. The Morgan fingerprint density at radius 2 is 1.86 bits per heavy atom. The van der Waals surface area contributed by atoms with Gasteiger partial charge in [0.15, 0.2) is 0 Å². The number of urea groups is 1. The van der Waals surface area contributed by atoms with E-state index in [0.717, 1.165) is 11.3 Å². The lowest BCUT2D eigenvalue weighted by Crippen LogP contribution is -2.54. The van der Waals surface area contributed by atoms with Crippen molar-refractivity contribution in [3.63, 3.8) is 0 Å². The Hall–Kier alpha value is -2.64. The molecule has 2 aromatic carbocycles. The molecule has 6 nitrogen and oxygen atoms in total. The Balaban J connectivity index is 1.92. The van der Waals surface area contributed by atoms with Crippen LogP contribution >= 0.6 is 27.5 Å². The number of anilines is 1. The van der Waals surface area contributed by atoms with Crippen molar-refractivity contribution in [2.24, 2.45) is 0 Å². The fourth-order valence-electron chi connectivity index (χ4n) is 2.58. The quantitative estimate of drug-likeness (QED) is 0.521. The lowest BCUT2D eigenvalue weighted by molar-refractivity contribution is -0.122. The van der Waals surface area contributed by atoms with Crippen LogP contribution in [0.5, 0.6) is 5.75 Å². The summed E-state index contributed by atoms with van der Waals surface area (Å²) in [5.41, 5.74) is 0.776. The molecule has 0 saturated carbocycles. The Morgan fingerprint density at radius 1 is 1.14 bits per heavy atom. The van der Waals surface area contributed by atoms with Gasteiger partial charge >= 0.3 is 6.03 Å². The summed E-state index contributed by atoms with van der Waals surface area (Å²) in [6.07, 6.45) is 2.31. The smallest absolute Gasteiger partial charge is 0.335 e. The summed E-state index contributed by atoms with van der Waals surface area (Å²) in [7, 11) is 0. The molecule has 144 valence electrons. The van der Waals surface area contributed by atoms with Gasteiger partial charge in [-0.2, -0.15) is 0 Å². The normalized spacial score (nSPS) is 15.8. The lowest BCUT2D eigenvalue weighted by atomic mass is 10.1. The van der Waals surface area contributed by atoms with Crippen LogP contribution in [0.25, 0.3) is 6.08 Å². The third-order valence-electron chi connectivity index (χ3n) is 3.92. The average molecular weight is 464 g/mol. The minimum absolute atomic E-state index is 0.149. The number of hydrogen-bond donors (Lipinski definition) is 1. The maximum Gasteiger partial charge on any atom is 0.335 e. The van der Waals surface area contributed by atoms with E-state index in [9.17, 15) is 14.4 Å². The lowest BCUT2D eigenvalue weighted by Gasteiger charge is -2.26. The van der Waals surface area contributed by atoms with E-state index in [-0.39, 0.29) is 5.57 Å². The van der Waals surface area contributed by atoms with Gasteiger partial charge in [0.1, 0.15) is 11.3 Å². The zero-order valence-corrected chi connectivity index (χ0v) is 17.2. The number of barbiturate groups is 1. The third-order valence-corrected chi connectivity index (χ3v) is 4.79. The van der Waals surface area contributed by atoms with Crippen molar-refractivity contribution in [1.29, 1.82) is 0 Å². The van der Waals surface area contributed by atoms with Gasteiger partial charge < -0.3 is 4.74 Å². The second kappa shape index (κ2) is 8.58. The van der Waals surface area contributed by atoms with Crippen LogP contribution < -0.4 is 15.0 Å². The van der Waals surface area contributed by atoms with Crippen LogP contribution in [0, 0.1) is 0 Å². The number of rotatable bonds is 5. The van der Waals surface area contributed by atoms with Crippen LogP contribution in [0.1, 0.15) is 18.9 Å². The van der Waals surface area contributed by atoms with Crippen molar-refractivity contribution < 1.29 is 19.1 Å². The molecular formula is C20H16BrClN2O4. The van der Waals surface area contributed by atoms with Crippen LogP contribution in [0.2, 0.25) is 5.02 Å². The van der Waals surface area contributed by atoms with E-state index in [1.807, 2.05) is 6.92 Å². The number of nitrogens with one attached hydrogen (secondary N) is 1. The largest absolute Gasteiger partial charge is 0.492 e. The third kappa shape index (κ3) is 4.26. The maximum absolute atomic E-state index is 12.8. The number of benzene rings is 2. The predicted molar refractivity (Wildman–Crippen MR) is 110 cm³/mol. The zero-order chi connectivity index (χ0) is 20.3. The summed E-state index contributed by atoms with van der Waals surface area (Å²) in [5, 5.41) is 2.65. The van der Waals surface area contributed by atoms with Gasteiger partial charge in [0.25, 0.3) is 11.8 Å². The van der Waals surface area contributed by atoms with E-state index in [4.69, 9.17) is 16.3 Å². The predicted octanol–water partition coefficient (Wildman–Crippen LogP) is 4.56. The molecule has 2 aromatic rings. The molecule has 8 heteroatoms. The number of carbonyl (C=O) groups is 3. The number of ether oxygens (including phenoxy) is 1. The number of hydrogen-bond acceptors (Lipinski definition) is 4. The molecule has 0 radical (unpaired) electrons. The molecule has 4 amide bonds. The van der Waals surface area contributed by atoms with Crippen molar-refractivity contribution in [3.8, 4) is 5.75 Å². The summed E-state index contributed by atoms with van der Waals surface area (Å²) in [5.74, 6) is -0.789. The molecular weight excluding hydrogens is 448 g/mol. The number of halogens is 2. The highest BCUT2D eigenvalue weighted by Crippen LogP contribution is 2.28. The Labute approximate surface area is 175 Å². The molecule has 0 unspecified atom stereocenters. The van der Waals surface area contributed by atoms with Gasteiger partial charge in [-0.1, -0.05) is 24.6 Å². The summed E-state index contributed by atoms with van der Waals surface area (Å²) >= 11 is 9.28. The molecule has 0 aromatic heterocycles. The van der Waals surface area contributed by atoms with E-state index in [1.165, 1.54) is 18.2 Å². The first-order chi connectivity index (χ1) is 13.4. The first-order valence-corrected chi connectivity index (χ1v) is 9.67. The van der Waals surface area contributed by atoms with Crippen molar-refractivity contribution in [3.05, 3.63) is 63.1 Å². The van der Waals surface area contributed by atoms with Gasteiger partial charge in [0.05, 0.1) is 16.8 Å². The van der Waals surface area contributed by atoms with E-state index < -0.39 is 17.8 Å². The molecule has 1 heterocycles. The van der Waals surface area contributed by atoms with Gasteiger partial charge in [-0.15, -0.1) is 0 Å². The molecule has 0 aliphatic carbocycles. The van der Waals surface area contributed by atoms with Crippen LogP contribution in [0.3, 0.4) is 0 Å². The Morgan fingerprint density at radius 3 is 2.50 bits per heavy atom. The molecule has 1 aliphatic rings. The molecule has 0 bridgehead atoms. The summed E-state index contributed by atoms with van der Waals surface area (Å²) in [4.78, 5) is 38.2. The second-order valence-corrected chi connectivity index (χ2v) is 7.26. The molecule has 1 aliphatic heterocycles. The van der Waals surface area contributed by atoms with Crippen molar-refractivity contribution >= 4 is 57.1 Å². The Bertz CT molecular complexity index is 973. The van der Waals surface area contributed by atoms with Crippen LogP contribution in [0.4, 0.5) is 10.5 Å². The van der Waals surface area contributed by atoms with E-state index >= 15 is 0 Å². The van der Waals surface area contributed by atoms with E-state index in [1.54, 1.807) is 30.3 Å². The van der Waals surface area contributed by atoms with E-state index in [0.29, 0.717) is 33.1 Å². The van der Waals surface area contributed by atoms with Crippen molar-refractivity contribution in [2.75, 3.05) is 11.5 Å². The number of imide groups is 2. The molecule has 1 fully saturated rings. The van der Waals surface area contributed by atoms with Gasteiger partial charge in [-0.05, 0) is 70.4 Å². The number of nitrogens with zero attached hydrogens (tertiary/aromatic N) is 1. The Kier molecular flexibility index (Phi) is 6.16. The van der Waals surface area contributed by atoms with Crippen LogP contribution in [-0.2, 0) is 9.59 Å². The number of amides is 4. The van der Waals surface area contributed by atoms with Gasteiger partial charge in [0.2, 0.25) is 0 Å². The first-order valence-electron chi connectivity index (χ1n) is 8.50. The molecule has 3 rings (SSSR count). The summed E-state index contributed by atoms with van der Waals surface area (Å²) in [6, 6.07) is 10.6. The van der Waals surface area contributed by atoms with Gasteiger partial charge in [-0.25, -0.2) is 9.69 Å². The summed E-state index contributed by atoms with van der Waals surface area (Å²) in [6.45, 7) is 2.59. The monoisotopic (exact) mass is 462 g/mol. The van der Waals surface area contributed by atoms with Gasteiger partial charge in [0, 0.05) is 5.02 Å². The zero-order valence-electron chi connectivity index (χ0n) is 14.9. The molecule has 1 saturated heterocycles. The molecule has 0 spiro atoms. The van der Waals surface area contributed by atoms with Crippen molar-refractivity contribution in [1.82, 2.24) is 5.32 Å². The number of carbonyl (C=O) groups excluding carboxylic acids is 3. The highest BCUT2D eigenvalue weighted by molar-refractivity contribution is 9.10. The SMILES string of the molecule is CCCOc1ccc(/C=C2\C(=O)NC(=O)N(c3ccc(Cl)cc3)C2=O)cc1Br. The molecule has 1 N–H and O–H groups in total. The first kappa shape index (κ1) is 20.1. The highest BCUT2D eigenvalue weighted by Gasteiger charge is 2.36. The average Bonchev–Trinajstić information content (AvgIpc) is 2.66. The minimum Gasteiger partial charge on any atom is -0.492 e. The fourth-order valence-corrected chi connectivity index (χ4v) is 3.22. The standard InChI is InChI=1S/C20H16BrClN2O4/c1-2-9-28-17-8-3-12(11-16(17)21)10-15-18(25)23-20(27)24(19(15)26)14-6-4-13(22)5-7-14/h3-8,10-11H,2,9H2,1H3,(H,23,25,27)/b15-10+. The van der Waals surface area contributed by atoms with E-state index in [2.05, 4.69) is 21.2 Å². The maximum atomic E-state index is 12.8. The molecule has 0 atom stereocenters. The highest BCUT2D eigenvalue weighted by atomic mass is 79.9. The fraction of sp³-hybridized carbons (Fsp3) is 0.150. The van der Waals surface area contributed by atoms with Crippen LogP contribution in [-0.4, -0.2) is 24.5 Å². The minimum atomic E-state index is -0.807. The second-order valence-electron chi connectivity index (χ2n) is 5.97. The van der Waals surface area contributed by atoms with Gasteiger partial charge in [-0.3, -0.25) is 14.9 Å². The van der Waals surface area contributed by atoms with Crippen LogP contribution in [0.15, 0.2) is 52.5 Å². The van der Waals surface area contributed by atoms with Crippen molar-refractivity contribution in [2.45, 2.75) is 13.3 Å². The topological polar surface area (TPSA) is 75.7 Å². The molecule has 28 heavy (non-hydrogen) atoms.